The van der Waals surface area contributed by atoms with Crippen LogP contribution in [0.25, 0.3) is 0 Å². The molecule has 4 heteroatoms. The predicted molar refractivity (Wildman–Crippen MR) is 45.8 cm³/mol. The van der Waals surface area contributed by atoms with E-state index in [4.69, 9.17) is 5.11 Å². The smallest absolute Gasteiger partial charge is 0.250 e. The molecule has 13 heavy (non-hydrogen) atoms. The number of halogens is 2. The molecular weight excluding hydrogens is 176 g/mol. The van der Waals surface area contributed by atoms with Crippen LogP contribution in [0.2, 0.25) is 0 Å². The van der Waals surface area contributed by atoms with Crippen molar-refractivity contribution in [1.82, 2.24) is 5.32 Å². The van der Waals surface area contributed by atoms with Crippen LogP contribution >= 0.6 is 0 Å². The molecule has 0 aliphatic rings. The Morgan fingerprint density at radius 2 is 1.85 bits per heavy atom. The molecule has 0 bridgehead atoms. The third-order valence-corrected chi connectivity index (χ3v) is 1.56. The molecule has 0 aliphatic heterocycles. The summed E-state index contributed by atoms with van der Waals surface area (Å²) in [6.45, 7) is 0.0888. The second-order valence-corrected chi connectivity index (χ2v) is 2.69. The summed E-state index contributed by atoms with van der Waals surface area (Å²) in [6, 6.07) is 6.43. The zero-order valence-corrected chi connectivity index (χ0v) is 7.00. The minimum Gasteiger partial charge on any atom is -0.508 e. The lowest BCUT2D eigenvalue weighted by Crippen LogP contribution is -2.20. The van der Waals surface area contributed by atoms with Crippen molar-refractivity contribution >= 4 is 0 Å². The fourth-order valence-electron chi connectivity index (χ4n) is 0.939. The fraction of sp³-hybridized carbons (Fsp3) is 0.333. The number of phenolic OH excluding ortho intramolecular Hbond substituents is 1. The van der Waals surface area contributed by atoms with Crippen LogP contribution in [-0.2, 0) is 6.54 Å². The van der Waals surface area contributed by atoms with E-state index in [1.807, 2.05) is 0 Å². The Morgan fingerprint density at radius 1 is 1.23 bits per heavy atom. The van der Waals surface area contributed by atoms with E-state index in [2.05, 4.69) is 5.32 Å². The Hall–Kier alpha value is -1.16. The second kappa shape index (κ2) is 4.77. The molecule has 2 nitrogen and oxygen atoms in total. The number of alkyl halides is 2. The lowest BCUT2D eigenvalue weighted by atomic mass is 10.2. The number of hydrogen-bond donors (Lipinski definition) is 2. The molecule has 1 aromatic carbocycles. The highest BCUT2D eigenvalue weighted by Crippen LogP contribution is 2.09. The average molecular weight is 187 g/mol. The van der Waals surface area contributed by atoms with E-state index in [0.29, 0.717) is 6.54 Å². The van der Waals surface area contributed by atoms with Gasteiger partial charge in [-0.2, -0.15) is 0 Å². The number of aromatic hydroxyl groups is 1. The van der Waals surface area contributed by atoms with E-state index in [1.54, 1.807) is 12.1 Å². The van der Waals surface area contributed by atoms with E-state index in [9.17, 15) is 8.78 Å². The third-order valence-electron chi connectivity index (χ3n) is 1.56. The zero-order valence-electron chi connectivity index (χ0n) is 7.00. The molecule has 0 unspecified atom stereocenters. The van der Waals surface area contributed by atoms with Crippen LogP contribution in [0, 0.1) is 0 Å². The number of rotatable bonds is 4. The van der Waals surface area contributed by atoms with Crippen LogP contribution in [0.5, 0.6) is 5.75 Å². The standard InChI is InChI=1S/C9H11F2NO/c10-9(11)6-12-5-7-1-3-8(13)4-2-7/h1-4,9,12-13H,5-6H2. The number of hydrogen-bond acceptors (Lipinski definition) is 2. The van der Waals surface area contributed by atoms with Crippen LogP contribution in [0.1, 0.15) is 5.56 Å². The molecule has 0 amide bonds. The van der Waals surface area contributed by atoms with Gasteiger partial charge in [-0.3, -0.25) is 0 Å². The minimum absolute atomic E-state index is 0.178. The van der Waals surface area contributed by atoms with Gasteiger partial charge in [-0.15, -0.1) is 0 Å². The number of phenols is 1. The van der Waals surface area contributed by atoms with Crippen molar-refractivity contribution in [2.24, 2.45) is 0 Å². The normalized spacial score (nSPS) is 10.7. The lowest BCUT2D eigenvalue weighted by molar-refractivity contribution is 0.145. The van der Waals surface area contributed by atoms with E-state index < -0.39 is 6.43 Å². The van der Waals surface area contributed by atoms with Gasteiger partial charge in [0.2, 0.25) is 0 Å². The lowest BCUT2D eigenvalue weighted by Gasteiger charge is -2.03. The molecule has 2 N–H and O–H groups in total. The largest absolute Gasteiger partial charge is 0.508 e. The van der Waals surface area contributed by atoms with Crippen molar-refractivity contribution < 1.29 is 13.9 Å². The Balaban J connectivity index is 2.33. The van der Waals surface area contributed by atoms with Gasteiger partial charge in [0.05, 0.1) is 6.54 Å². The summed E-state index contributed by atoms with van der Waals surface area (Å²) in [7, 11) is 0. The summed E-state index contributed by atoms with van der Waals surface area (Å²) in [5.41, 5.74) is 0.874. The Kier molecular flexibility index (Phi) is 3.64. The molecule has 0 aliphatic carbocycles. The summed E-state index contributed by atoms with van der Waals surface area (Å²) >= 11 is 0. The molecule has 0 aromatic heterocycles. The topological polar surface area (TPSA) is 32.3 Å². The van der Waals surface area contributed by atoms with Gasteiger partial charge in [-0.1, -0.05) is 12.1 Å². The summed E-state index contributed by atoms with van der Waals surface area (Å²) in [6.07, 6.45) is -2.32. The maximum absolute atomic E-state index is 11.7. The molecule has 0 spiro atoms. The van der Waals surface area contributed by atoms with Crippen molar-refractivity contribution in [1.29, 1.82) is 0 Å². The molecule has 0 saturated carbocycles. The first-order valence-electron chi connectivity index (χ1n) is 3.95. The van der Waals surface area contributed by atoms with E-state index in [-0.39, 0.29) is 12.3 Å². The average Bonchev–Trinajstić information content (AvgIpc) is 2.08. The van der Waals surface area contributed by atoms with E-state index in [0.717, 1.165) is 5.56 Å². The first kappa shape index (κ1) is 9.92. The maximum Gasteiger partial charge on any atom is 0.250 e. The third kappa shape index (κ3) is 3.85. The monoisotopic (exact) mass is 187 g/mol. The van der Waals surface area contributed by atoms with Crippen molar-refractivity contribution in [2.75, 3.05) is 6.54 Å². The van der Waals surface area contributed by atoms with Gasteiger partial charge >= 0.3 is 0 Å². The van der Waals surface area contributed by atoms with Crippen LogP contribution in [-0.4, -0.2) is 18.1 Å². The van der Waals surface area contributed by atoms with Crippen LogP contribution in [0.15, 0.2) is 24.3 Å². The van der Waals surface area contributed by atoms with Crippen molar-refractivity contribution in [2.45, 2.75) is 13.0 Å². The van der Waals surface area contributed by atoms with Gasteiger partial charge in [-0.05, 0) is 17.7 Å². The second-order valence-electron chi connectivity index (χ2n) is 2.69. The highest BCUT2D eigenvalue weighted by atomic mass is 19.3. The molecule has 0 radical (unpaired) electrons. The SMILES string of the molecule is Oc1ccc(CNCC(F)F)cc1. The molecule has 0 atom stereocenters. The van der Waals surface area contributed by atoms with Gasteiger partial charge in [0.1, 0.15) is 5.75 Å². The Bertz CT molecular complexity index is 248. The van der Waals surface area contributed by atoms with Gasteiger partial charge < -0.3 is 10.4 Å². The minimum atomic E-state index is -2.32. The molecule has 1 rings (SSSR count). The van der Waals surface area contributed by atoms with Gasteiger partial charge in [-0.25, -0.2) is 8.78 Å². The highest BCUT2D eigenvalue weighted by Gasteiger charge is 2.00. The first-order valence-corrected chi connectivity index (χ1v) is 3.95. The summed E-state index contributed by atoms with van der Waals surface area (Å²) in [5.74, 6) is 0.178. The number of nitrogens with one attached hydrogen (secondary N) is 1. The van der Waals surface area contributed by atoms with Crippen LogP contribution < -0.4 is 5.32 Å². The summed E-state index contributed by atoms with van der Waals surface area (Å²) < 4.78 is 23.4. The summed E-state index contributed by atoms with van der Waals surface area (Å²) in [4.78, 5) is 0. The number of benzene rings is 1. The molecular formula is C9H11F2NO. The van der Waals surface area contributed by atoms with Crippen LogP contribution in [0.4, 0.5) is 8.78 Å². The quantitative estimate of drug-likeness (QED) is 0.752. The highest BCUT2D eigenvalue weighted by molar-refractivity contribution is 5.25. The molecule has 1 aromatic rings. The van der Waals surface area contributed by atoms with E-state index >= 15 is 0 Å². The zero-order chi connectivity index (χ0) is 9.68. The van der Waals surface area contributed by atoms with Gasteiger partial charge in [0.25, 0.3) is 6.43 Å². The summed E-state index contributed by atoms with van der Waals surface area (Å²) in [5, 5.41) is 11.5. The first-order chi connectivity index (χ1) is 6.18. The van der Waals surface area contributed by atoms with Crippen molar-refractivity contribution in [3.05, 3.63) is 29.8 Å². The van der Waals surface area contributed by atoms with Gasteiger partial charge in [0.15, 0.2) is 0 Å². The molecule has 0 fully saturated rings. The Labute approximate surface area is 75.2 Å². The maximum atomic E-state index is 11.7. The van der Waals surface area contributed by atoms with Crippen molar-refractivity contribution in [3.8, 4) is 5.75 Å². The molecule has 72 valence electrons. The van der Waals surface area contributed by atoms with E-state index in [1.165, 1.54) is 12.1 Å². The predicted octanol–water partition coefficient (Wildman–Crippen LogP) is 1.75. The van der Waals surface area contributed by atoms with Crippen LogP contribution in [0.3, 0.4) is 0 Å². The van der Waals surface area contributed by atoms with Crippen molar-refractivity contribution in [3.63, 3.8) is 0 Å². The fourth-order valence-corrected chi connectivity index (χ4v) is 0.939. The molecule has 0 heterocycles. The Morgan fingerprint density at radius 3 is 2.38 bits per heavy atom. The van der Waals surface area contributed by atoms with Gasteiger partial charge in [0, 0.05) is 6.54 Å². The molecule has 0 saturated heterocycles.